The second-order valence-electron chi connectivity index (χ2n) is 2.95. The molecule has 0 bridgehead atoms. The van der Waals surface area contributed by atoms with Crippen LogP contribution in [0.1, 0.15) is 17.4 Å². The fourth-order valence-electron chi connectivity index (χ4n) is 1.07. The molecule has 0 nitrogen and oxygen atoms in total. The van der Waals surface area contributed by atoms with E-state index in [9.17, 15) is 22.0 Å². The van der Waals surface area contributed by atoms with Crippen LogP contribution in [0.25, 0.3) is 0 Å². The van der Waals surface area contributed by atoms with Crippen LogP contribution in [0, 0.1) is 11.6 Å². The zero-order chi connectivity index (χ0) is 11.6. The van der Waals surface area contributed by atoms with Gasteiger partial charge in [0.1, 0.15) is 11.6 Å². The van der Waals surface area contributed by atoms with Gasteiger partial charge in [-0.1, -0.05) is 6.07 Å². The highest BCUT2D eigenvalue weighted by Gasteiger charge is 2.32. The Balaban J connectivity index is 2.87. The Morgan fingerprint density at radius 2 is 1.80 bits per heavy atom. The average molecular weight is 245 g/mol. The van der Waals surface area contributed by atoms with Crippen LogP contribution in [0.4, 0.5) is 22.0 Å². The van der Waals surface area contributed by atoms with Crippen molar-refractivity contribution in [3.63, 3.8) is 0 Å². The molecule has 0 aliphatic carbocycles. The van der Waals surface area contributed by atoms with Crippen molar-refractivity contribution in [3.8, 4) is 0 Å². The number of hydrogen-bond donors (Lipinski definition) is 0. The van der Waals surface area contributed by atoms with Crippen molar-refractivity contribution < 1.29 is 22.0 Å². The third-order valence-corrected chi connectivity index (χ3v) is 2.10. The number of rotatable bonds is 2. The Kier molecular flexibility index (Phi) is 3.54. The van der Waals surface area contributed by atoms with E-state index in [-0.39, 0.29) is 5.56 Å². The lowest BCUT2D eigenvalue weighted by atomic mass is 10.1. The SMILES string of the molecule is Fc1ccc(C(Cl)CC(F)(F)F)c(F)c1. The first kappa shape index (κ1) is 12.2. The minimum Gasteiger partial charge on any atom is -0.207 e. The Bertz CT molecular complexity index is 347. The molecule has 84 valence electrons. The maximum Gasteiger partial charge on any atom is 0.390 e. The molecule has 15 heavy (non-hydrogen) atoms. The molecule has 0 spiro atoms. The molecule has 1 rings (SSSR count). The van der Waals surface area contributed by atoms with Crippen LogP contribution in [0.3, 0.4) is 0 Å². The molecule has 0 saturated carbocycles. The van der Waals surface area contributed by atoms with E-state index in [0.717, 1.165) is 12.1 Å². The first-order chi connectivity index (χ1) is 6.79. The van der Waals surface area contributed by atoms with Gasteiger partial charge in [-0.05, 0) is 6.07 Å². The molecule has 0 fully saturated rings. The summed E-state index contributed by atoms with van der Waals surface area (Å²) < 4.78 is 61.2. The zero-order valence-corrected chi connectivity index (χ0v) is 8.04. The van der Waals surface area contributed by atoms with E-state index in [1.807, 2.05) is 0 Å². The van der Waals surface area contributed by atoms with Gasteiger partial charge in [0.05, 0.1) is 11.8 Å². The minimum atomic E-state index is -4.48. The zero-order valence-electron chi connectivity index (χ0n) is 7.28. The Morgan fingerprint density at radius 1 is 1.20 bits per heavy atom. The molecule has 1 aromatic carbocycles. The van der Waals surface area contributed by atoms with Gasteiger partial charge in [-0.25, -0.2) is 8.78 Å². The molecule has 0 saturated heterocycles. The molecule has 0 aliphatic rings. The first-order valence-electron chi connectivity index (χ1n) is 3.95. The molecular formula is C9H6ClF5. The Morgan fingerprint density at radius 3 is 2.27 bits per heavy atom. The third kappa shape index (κ3) is 3.66. The largest absolute Gasteiger partial charge is 0.390 e. The van der Waals surface area contributed by atoms with Crippen LogP contribution in [0.5, 0.6) is 0 Å². The maximum absolute atomic E-state index is 13.0. The van der Waals surface area contributed by atoms with Gasteiger partial charge in [0.25, 0.3) is 0 Å². The lowest BCUT2D eigenvalue weighted by Gasteiger charge is -2.13. The van der Waals surface area contributed by atoms with Gasteiger partial charge in [0, 0.05) is 11.6 Å². The molecule has 1 unspecified atom stereocenters. The second kappa shape index (κ2) is 4.35. The number of alkyl halides is 4. The molecule has 0 heterocycles. The van der Waals surface area contributed by atoms with Gasteiger partial charge in [-0.2, -0.15) is 13.2 Å². The molecule has 6 heteroatoms. The summed E-state index contributed by atoms with van der Waals surface area (Å²) in [6, 6.07) is 2.28. The molecule has 0 aromatic heterocycles. The van der Waals surface area contributed by atoms with E-state index in [0.29, 0.717) is 6.07 Å². The van der Waals surface area contributed by atoms with Crippen molar-refractivity contribution >= 4 is 11.6 Å². The minimum absolute atomic E-state index is 0.351. The summed E-state index contributed by atoms with van der Waals surface area (Å²) >= 11 is 5.37. The highest BCUT2D eigenvalue weighted by atomic mass is 35.5. The summed E-state index contributed by atoms with van der Waals surface area (Å²) in [5.74, 6) is -1.92. The first-order valence-corrected chi connectivity index (χ1v) is 4.39. The summed E-state index contributed by atoms with van der Waals surface area (Å²) in [4.78, 5) is 0. The lowest BCUT2D eigenvalue weighted by molar-refractivity contribution is -0.134. The topological polar surface area (TPSA) is 0 Å². The number of benzene rings is 1. The predicted octanol–water partition coefficient (Wildman–Crippen LogP) is 4.20. The van der Waals surface area contributed by atoms with Gasteiger partial charge in [0.15, 0.2) is 0 Å². The van der Waals surface area contributed by atoms with Crippen LogP contribution in [-0.2, 0) is 0 Å². The monoisotopic (exact) mass is 244 g/mol. The standard InChI is InChI=1S/C9H6ClF5/c10-7(4-9(13,14)15)6-2-1-5(11)3-8(6)12/h1-3,7H,4H2. The molecule has 1 aromatic rings. The summed E-state index contributed by atoms with van der Waals surface area (Å²) in [6.07, 6.45) is -5.83. The van der Waals surface area contributed by atoms with Crippen molar-refractivity contribution in [2.75, 3.05) is 0 Å². The highest BCUT2D eigenvalue weighted by Crippen LogP contribution is 2.35. The van der Waals surface area contributed by atoms with E-state index in [4.69, 9.17) is 11.6 Å². The smallest absolute Gasteiger partial charge is 0.207 e. The van der Waals surface area contributed by atoms with Crippen molar-refractivity contribution in [3.05, 3.63) is 35.4 Å². The summed E-state index contributed by atoms with van der Waals surface area (Å²) in [5, 5.41) is -1.54. The second-order valence-corrected chi connectivity index (χ2v) is 3.48. The fourth-order valence-corrected chi connectivity index (χ4v) is 1.42. The fraction of sp³-hybridized carbons (Fsp3) is 0.333. The van der Waals surface area contributed by atoms with Crippen molar-refractivity contribution in [2.24, 2.45) is 0 Å². The normalized spacial score (nSPS) is 14.0. The summed E-state index contributed by atoms with van der Waals surface area (Å²) in [5.41, 5.74) is -0.351. The van der Waals surface area contributed by atoms with E-state index < -0.39 is 29.6 Å². The van der Waals surface area contributed by atoms with Crippen LogP contribution >= 0.6 is 11.6 Å². The van der Waals surface area contributed by atoms with Crippen LogP contribution < -0.4 is 0 Å². The van der Waals surface area contributed by atoms with Crippen LogP contribution in [-0.4, -0.2) is 6.18 Å². The summed E-state index contributed by atoms with van der Waals surface area (Å²) in [7, 11) is 0. The summed E-state index contributed by atoms with van der Waals surface area (Å²) in [6.45, 7) is 0. The van der Waals surface area contributed by atoms with E-state index in [2.05, 4.69) is 0 Å². The quantitative estimate of drug-likeness (QED) is 0.540. The van der Waals surface area contributed by atoms with Gasteiger partial charge >= 0.3 is 6.18 Å². The molecule has 0 N–H and O–H groups in total. The molecule has 0 aliphatic heterocycles. The van der Waals surface area contributed by atoms with Gasteiger partial charge < -0.3 is 0 Å². The van der Waals surface area contributed by atoms with Gasteiger partial charge in [0.2, 0.25) is 0 Å². The third-order valence-electron chi connectivity index (χ3n) is 1.71. The van der Waals surface area contributed by atoms with Gasteiger partial charge in [-0.3, -0.25) is 0 Å². The van der Waals surface area contributed by atoms with Gasteiger partial charge in [-0.15, -0.1) is 11.6 Å². The van der Waals surface area contributed by atoms with E-state index in [1.54, 1.807) is 0 Å². The number of halogens is 6. The Labute approximate surface area is 87.7 Å². The van der Waals surface area contributed by atoms with E-state index >= 15 is 0 Å². The molecular weight excluding hydrogens is 239 g/mol. The lowest BCUT2D eigenvalue weighted by Crippen LogP contribution is -2.11. The van der Waals surface area contributed by atoms with Crippen LogP contribution in [0.2, 0.25) is 0 Å². The average Bonchev–Trinajstić information content (AvgIpc) is 1.99. The predicted molar refractivity (Wildman–Crippen MR) is 45.6 cm³/mol. The van der Waals surface area contributed by atoms with Crippen molar-refractivity contribution in [1.29, 1.82) is 0 Å². The highest BCUT2D eigenvalue weighted by molar-refractivity contribution is 6.20. The molecule has 0 radical (unpaired) electrons. The van der Waals surface area contributed by atoms with Crippen molar-refractivity contribution in [2.45, 2.75) is 18.0 Å². The maximum atomic E-state index is 13.0. The molecule has 0 amide bonds. The number of hydrogen-bond acceptors (Lipinski definition) is 0. The Hall–Kier alpha value is -0.840. The van der Waals surface area contributed by atoms with Crippen molar-refractivity contribution in [1.82, 2.24) is 0 Å². The van der Waals surface area contributed by atoms with Crippen LogP contribution in [0.15, 0.2) is 18.2 Å². The van der Waals surface area contributed by atoms with E-state index in [1.165, 1.54) is 0 Å². The molecule has 1 atom stereocenters.